The molecule has 160 valence electrons. The average Bonchev–Trinajstić information content (AvgIpc) is 2.75. The Bertz CT molecular complexity index is 756. The third-order valence-corrected chi connectivity index (χ3v) is 10.5. The molecular formula is C24H35O4P. The minimum atomic E-state index is -2.01. The van der Waals surface area contributed by atoms with Gasteiger partial charge in [-0.25, -0.2) is 0 Å². The van der Waals surface area contributed by atoms with Gasteiger partial charge in [0.25, 0.3) is 0 Å². The average molecular weight is 419 g/mol. The zero-order chi connectivity index (χ0) is 20.7. The molecule has 0 saturated carbocycles. The molecule has 2 unspecified atom stereocenters. The number of aliphatic hydroxyl groups excluding tert-OH is 2. The first kappa shape index (κ1) is 22.2. The maximum absolute atomic E-state index is 9.59. The first-order valence-corrected chi connectivity index (χ1v) is 13.1. The van der Waals surface area contributed by atoms with Gasteiger partial charge in [0, 0.05) is 0 Å². The predicted molar refractivity (Wildman–Crippen MR) is 122 cm³/mol. The van der Waals surface area contributed by atoms with Crippen molar-refractivity contribution in [2.24, 2.45) is 5.41 Å². The predicted octanol–water partition coefficient (Wildman–Crippen LogP) is 4.74. The molecule has 29 heavy (non-hydrogen) atoms. The summed E-state index contributed by atoms with van der Waals surface area (Å²) in [5.41, 5.74) is 0.152. The number of hydrogen-bond donors (Lipinski definition) is 2. The second-order valence-electron chi connectivity index (χ2n) is 8.62. The standard InChI is InChI=1S/C24H35O4P/c1-3-29(16-15-24(2,19-27-29)14-8-9-20(26)18-25)23-13-7-12-22(17-23)28-21-10-5-4-6-11-21/h4-7,10-13,17,20,25-26,29H,3,8-9,14-16,18-19H2,1-2H3. The van der Waals surface area contributed by atoms with Gasteiger partial charge in [0.15, 0.2) is 0 Å². The van der Waals surface area contributed by atoms with Gasteiger partial charge in [-0.05, 0) is 0 Å². The molecule has 3 rings (SSSR count). The van der Waals surface area contributed by atoms with E-state index in [1.807, 2.05) is 36.4 Å². The molecule has 2 N–H and O–H groups in total. The van der Waals surface area contributed by atoms with Crippen molar-refractivity contribution in [2.75, 3.05) is 25.5 Å². The third kappa shape index (κ3) is 5.79. The third-order valence-electron chi connectivity index (χ3n) is 6.27. The number of benzene rings is 2. The summed E-state index contributed by atoms with van der Waals surface area (Å²) in [6.07, 6.45) is 5.31. The molecule has 1 heterocycles. The molecule has 2 aromatic rings. The summed E-state index contributed by atoms with van der Waals surface area (Å²) in [6.45, 7) is 5.16. The molecule has 0 aliphatic carbocycles. The van der Waals surface area contributed by atoms with Crippen LogP contribution in [0.25, 0.3) is 0 Å². The Morgan fingerprint density at radius 1 is 1.14 bits per heavy atom. The van der Waals surface area contributed by atoms with E-state index < -0.39 is 13.6 Å². The number of rotatable bonds is 9. The normalized spacial score (nSPS) is 23.3. The quantitative estimate of drug-likeness (QED) is 0.578. The van der Waals surface area contributed by atoms with Gasteiger partial charge in [0.1, 0.15) is 0 Å². The van der Waals surface area contributed by atoms with E-state index in [1.165, 1.54) is 5.30 Å². The van der Waals surface area contributed by atoms with Crippen LogP contribution in [0.1, 0.15) is 39.5 Å². The summed E-state index contributed by atoms with van der Waals surface area (Å²) >= 11 is 0. The SMILES string of the molecule is CC[PH]1(c2cccc(Oc3ccccc3)c2)CCC(C)(CCCC(O)CO)CO1. The van der Waals surface area contributed by atoms with Crippen molar-refractivity contribution in [3.8, 4) is 11.5 Å². The van der Waals surface area contributed by atoms with Gasteiger partial charge < -0.3 is 0 Å². The topological polar surface area (TPSA) is 58.9 Å². The van der Waals surface area contributed by atoms with Gasteiger partial charge in [-0.1, -0.05) is 0 Å². The fourth-order valence-corrected chi connectivity index (χ4v) is 8.19. The number of aliphatic hydroxyl groups is 2. The van der Waals surface area contributed by atoms with Crippen LogP contribution in [0.5, 0.6) is 11.5 Å². The maximum atomic E-state index is 9.59. The van der Waals surface area contributed by atoms with E-state index in [0.717, 1.165) is 49.7 Å². The molecule has 1 fully saturated rings. The first-order valence-electron chi connectivity index (χ1n) is 10.7. The van der Waals surface area contributed by atoms with Crippen LogP contribution in [0.15, 0.2) is 54.6 Å². The Morgan fingerprint density at radius 2 is 1.90 bits per heavy atom. The molecule has 2 atom stereocenters. The van der Waals surface area contributed by atoms with Crippen LogP contribution < -0.4 is 10.0 Å². The summed E-state index contributed by atoms with van der Waals surface area (Å²) in [6, 6.07) is 18.3. The summed E-state index contributed by atoms with van der Waals surface area (Å²) < 4.78 is 12.7. The number of hydrogen-bond acceptors (Lipinski definition) is 4. The van der Waals surface area contributed by atoms with Crippen LogP contribution in [-0.4, -0.2) is 41.9 Å². The van der Waals surface area contributed by atoms with Crippen LogP contribution in [0.4, 0.5) is 0 Å². The molecule has 1 aliphatic heterocycles. The summed E-state index contributed by atoms with van der Waals surface area (Å²) in [4.78, 5) is 0. The molecule has 1 aliphatic rings. The van der Waals surface area contributed by atoms with Gasteiger partial charge in [-0.3, -0.25) is 0 Å². The van der Waals surface area contributed by atoms with Crippen molar-refractivity contribution < 1.29 is 19.5 Å². The fourth-order valence-electron chi connectivity index (χ4n) is 4.19. The molecular weight excluding hydrogens is 383 g/mol. The zero-order valence-corrected chi connectivity index (χ0v) is 18.6. The summed E-state index contributed by atoms with van der Waals surface area (Å²) in [5.74, 6) is 1.71. The molecule has 1 saturated heterocycles. The van der Waals surface area contributed by atoms with Gasteiger partial charge in [0.2, 0.25) is 0 Å². The second-order valence-corrected chi connectivity index (χ2v) is 12.7. The Balaban J connectivity index is 1.66. The Hall–Kier alpha value is -1.45. The number of ether oxygens (including phenoxy) is 1. The molecule has 0 amide bonds. The van der Waals surface area contributed by atoms with E-state index in [1.54, 1.807) is 0 Å². The molecule has 0 spiro atoms. The van der Waals surface area contributed by atoms with Crippen molar-refractivity contribution in [1.82, 2.24) is 0 Å². The van der Waals surface area contributed by atoms with Crippen LogP contribution in [0, 0.1) is 5.41 Å². The van der Waals surface area contributed by atoms with E-state index in [0.29, 0.717) is 6.42 Å². The molecule has 0 aromatic heterocycles. The van der Waals surface area contributed by atoms with Gasteiger partial charge in [-0.2, -0.15) is 0 Å². The summed E-state index contributed by atoms with van der Waals surface area (Å²) in [5, 5.41) is 19.9. The van der Waals surface area contributed by atoms with E-state index in [-0.39, 0.29) is 12.0 Å². The van der Waals surface area contributed by atoms with E-state index >= 15 is 0 Å². The van der Waals surface area contributed by atoms with E-state index in [2.05, 4.69) is 32.0 Å². The van der Waals surface area contributed by atoms with Crippen molar-refractivity contribution >= 4 is 12.8 Å². The molecule has 0 radical (unpaired) electrons. The van der Waals surface area contributed by atoms with Gasteiger partial charge in [0.05, 0.1) is 0 Å². The van der Waals surface area contributed by atoms with E-state index in [9.17, 15) is 5.11 Å². The Morgan fingerprint density at radius 3 is 2.55 bits per heavy atom. The van der Waals surface area contributed by atoms with Crippen molar-refractivity contribution in [2.45, 2.75) is 45.6 Å². The Kier molecular flexibility index (Phi) is 7.70. The first-order chi connectivity index (χ1) is 14.0. The van der Waals surface area contributed by atoms with Crippen LogP contribution >= 0.6 is 7.49 Å². The van der Waals surface area contributed by atoms with Crippen LogP contribution in [0.3, 0.4) is 0 Å². The molecule has 2 aromatic carbocycles. The monoisotopic (exact) mass is 418 g/mol. The van der Waals surface area contributed by atoms with Gasteiger partial charge in [-0.15, -0.1) is 0 Å². The van der Waals surface area contributed by atoms with Crippen molar-refractivity contribution in [3.63, 3.8) is 0 Å². The molecule has 0 bridgehead atoms. The van der Waals surface area contributed by atoms with Crippen LogP contribution in [0.2, 0.25) is 0 Å². The van der Waals surface area contributed by atoms with Gasteiger partial charge >= 0.3 is 175 Å². The minimum absolute atomic E-state index is 0.152. The molecule has 5 heteroatoms. The summed E-state index contributed by atoms with van der Waals surface area (Å²) in [7, 11) is -2.01. The number of para-hydroxylation sites is 1. The van der Waals surface area contributed by atoms with E-state index in [4.69, 9.17) is 14.4 Å². The van der Waals surface area contributed by atoms with Crippen LogP contribution in [-0.2, 0) is 4.52 Å². The zero-order valence-electron chi connectivity index (χ0n) is 17.6. The van der Waals surface area contributed by atoms with Crippen molar-refractivity contribution in [3.05, 3.63) is 54.6 Å². The van der Waals surface area contributed by atoms with Crippen molar-refractivity contribution in [1.29, 1.82) is 0 Å². The second kappa shape index (κ2) is 10.0. The Labute approximate surface area is 175 Å². The molecule has 4 nitrogen and oxygen atoms in total. The fraction of sp³-hybridized carbons (Fsp3) is 0.500.